The molecule has 128 valence electrons. The molecule has 2 aromatic carbocycles. The van der Waals surface area contributed by atoms with Crippen LogP contribution in [0, 0.1) is 5.82 Å². The fourth-order valence-corrected chi connectivity index (χ4v) is 3.80. The van der Waals surface area contributed by atoms with Gasteiger partial charge in [0.05, 0.1) is 16.8 Å². The zero-order chi connectivity index (χ0) is 17.9. The zero-order valence-electron chi connectivity index (χ0n) is 12.4. The molecule has 0 spiro atoms. The first-order chi connectivity index (χ1) is 11.2. The van der Waals surface area contributed by atoms with Gasteiger partial charge in [-0.15, -0.1) is 0 Å². The van der Waals surface area contributed by atoms with Gasteiger partial charge >= 0.3 is 0 Å². The van der Waals surface area contributed by atoms with Crippen molar-refractivity contribution in [2.24, 2.45) is 0 Å². The van der Waals surface area contributed by atoms with E-state index in [1.807, 2.05) is 0 Å². The van der Waals surface area contributed by atoms with E-state index >= 15 is 0 Å². The lowest BCUT2D eigenvalue weighted by Crippen LogP contribution is -2.41. The topological polar surface area (TPSA) is 75.3 Å². The molecule has 0 aliphatic heterocycles. The van der Waals surface area contributed by atoms with Crippen molar-refractivity contribution in [3.63, 3.8) is 0 Å². The minimum absolute atomic E-state index is 0.0337. The predicted octanol–water partition coefficient (Wildman–Crippen LogP) is 3.44. The van der Waals surface area contributed by atoms with E-state index in [1.165, 1.54) is 43.3 Å². The summed E-state index contributed by atoms with van der Waals surface area (Å²) in [5.41, 5.74) is -0.0469. The largest absolute Gasteiger partial charge is 0.322 e. The third-order valence-electron chi connectivity index (χ3n) is 3.04. The van der Waals surface area contributed by atoms with E-state index in [-0.39, 0.29) is 20.6 Å². The zero-order valence-corrected chi connectivity index (χ0v) is 14.7. The first kappa shape index (κ1) is 18.7. The molecule has 0 heterocycles. The Bertz CT molecular complexity index is 875. The lowest BCUT2D eigenvalue weighted by molar-refractivity contribution is -0.117. The van der Waals surface area contributed by atoms with Crippen LogP contribution in [0.4, 0.5) is 10.1 Å². The monoisotopic (exact) mass is 390 g/mol. The SMILES string of the molecule is C[C@H](NS(=O)(=O)c1cc(Cl)ccc1Cl)C(=O)Nc1ccccc1F. The van der Waals surface area contributed by atoms with Gasteiger partial charge in [-0.2, -0.15) is 4.72 Å². The summed E-state index contributed by atoms with van der Waals surface area (Å²) in [5, 5.41) is 2.46. The quantitative estimate of drug-likeness (QED) is 0.820. The summed E-state index contributed by atoms with van der Waals surface area (Å²) in [4.78, 5) is 11.8. The van der Waals surface area contributed by atoms with Crippen LogP contribution in [0.1, 0.15) is 6.92 Å². The van der Waals surface area contributed by atoms with Crippen LogP contribution in [0.2, 0.25) is 10.0 Å². The van der Waals surface area contributed by atoms with Crippen molar-refractivity contribution in [3.05, 3.63) is 58.3 Å². The van der Waals surface area contributed by atoms with Crippen molar-refractivity contribution in [3.8, 4) is 0 Å². The molecule has 1 amide bonds. The summed E-state index contributed by atoms with van der Waals surface area (Å²) in [6.45, 7) is 1.33. The highest BCUT2D eigenvalue weighted by Gasteiger charge is 2.24. The van der Waals surface area contributed by atoms with Crippen LogP contribution in [0.15, 0.2) is 47.4 Å². The molecule has 5 nitrogen and oxygen atoms in total. The van der Waals surface area contributed by atoms with Crippen LogP contribution in [0.25, 0.3) is 0 Å². The van der Waals surface area contributed by atoms with E-state index in [0.717, 1.165) is 0 Å². The van der Waals surface area contributed by atoms with Crippen molar-refractivity contribution >= 4 is 44.8 Å². The van der Waals surface area contributed by atoms with Gasteiger partial charge in [0, 0.05) is 5.02 Å². The summed E-state index contributed by atoms with van der Waals surface area (Å²) in [6, 6.07) is 8.34. The Labute approximate surface area is 148 Å². The number of sulfonamides is 1. The number of hydrogen-bond donors (Lipinski definition) is 2. The maximum absolute atomic E-state index is 13.5. The van der Waals surface area contributed by atoms with Crippen LogP contribution < -0.4 is 10.0 Å². The van der Waals surface area contributed by atoms with Gasteiger partial charge in [0.2, 0.25) is 15.9 Å². The van der Waals surface area contributed by atoms with E-state index < -0.39 is 27.8 Å². The van der Waals surface area contributed by atoms with E-state index in [1.54, 1.807) is 6.07 Å². The first-order valence-corrected chi connectivity index (χ1v) is 8.97. The third kappa shape index (κ3) is 4.45. The van der Waals surface area contributed by atoms with Gasteiger partial charge in [-0.1, -0.05) is 35.3 Å². The molecule has 2 aromatic rings. The Morgan fingerprint density at radius 3 is 2.50 bits per heavy atom. The Balaban J connectivity index is 2.16. The molecule has 0 aliphatic rings. The number of para-hydroxylation sites is 1. The van der Waals surface area contributed by atoms with Crippen LogP contribution >= 0.6 is 23.2 Å². The Morgan fingerprint density at radius 2 is 1.83 bits per heavy atom. The molecule has 24 heavy (non-hydrogen) atoms. The van der Waals surface area contributed by atoms with Crippen LogP contribution in [-0.2, 0) is 14.8 Å². The van der Waals surface area contributed by atoms with Crippen LogP contribution in [0.5, 0.6) is 0 Å². The van der Waals surface area contributed by atoms with Crippen molar-refractivity contribution < 1.29 is 17.6 Å². The van der Waals surface area contributed by atoms with Gasteiger partial charge in [0.25, 0.3) is 0 Å². The van der Waals surface area contributed by atoms with Crippen LogP contribution in [0.3, 0.4) is 0 Å². The van der Waals surface area contributed by atoms with Gasteiger partial charge in [0.1, 0.15) is 10.7 Å². The number of amides is 1. The van der Waals surface area contributed by atoms with Crippen molar-refractivity contribution in [2.75, 3.05) is 5.32 Å². The Hall–Kier alpha value is -1.67. The summed E-state index contributed by atoms with van der Waals surface area (Å²) in [7, 11) is -4.08. The number of halogens is 3. The number of anilines is 1. The lowest BCUT2D eigenvalue weighted by Gasteiger charge is -2.15. The molecule has 0 fully saturated rings. The average molecular weight is 391 g/mol. The molecule has 0 unspecified atom stereocenters. The summed E-state index contributed by atoms with van der Waals surface area (Å²) >= 11 is 11.6. The molecule has 2 N–H and O–H groups in total. The maximum atomic E-state index is 13.5. The van der Waals surface area contributed by atoms with E-state index in [9.17, 15) is 17.6 Å². The fraction of sp³-hybridized carbons (Fsp3) is 0.133. The average Bonchev–Trinajstić information content (AvgIpc) is 2.51. The molecule has 0 radical (unpaired) electrons. The normalized spacial score (nSPS) is 12.7. The first-order valence-electron chi connectivity index (χ1n) is 6.73. The summed E-state index contributed by atoms with van der Waals surface area (Å²) in [6.07, 6.45) is 0. The molecule has 0 aliphatic carbocycles. The number of rotatable bonds is 5. The fourth-order valence-electron chi connectivity index (χ4n) is 1.84. The minimum Gasteiger partial charge on any atom is -0.322 e. The highest BCUT2D eigenvalue weighted by molar-refractivity contribution is 7.89. The van der Waals surface area contributed by atoms with E-state index in [4.69, 9.17) is 23.2 Å². The second-order valence-corrected chi connectivity index (χ2v) is 7.41. The Morgan fingerprint density at radius 1 is 1.17 bits per heavy atom. The molecule has 0 saturated carbocycles. The third-order valence-corrected chi connectivity index (χ3v) is 5.30. The van der Waals surface area contributed by atoms with Gasteiger partial charge in [-0.3, -0.25) is 4.79 Å². The molecular weight excluding hydrogens is 378 g/mol. The van der Waals surface area contributed by atoms with Crippen molar-refractivity contribution in [1.29, 1.82) is 0 Å². The molecule has 9 heteroatoms. The van der Waals surface area contributed by atoms with Crippen LogP contribution in [-0.4, -0.2) is 20.4 Å². The number of nitrogens with one attached hydrogen (secondary N) is 2. The standard InChI is InChI=1S/C15H13Cl2FN2O3S/c1-9(15(21)19-13-5-3-2-4-12(13)18)20-24(22,23)14-8-10(16)6-7-11(14)17/h2-9,20H,1H3,(H,19,21)/t9-/m0/s1. The number of hydrogen-bond acceptors (Lipinski definition) is 3. The number of carbonyl (C=O) groups excluding carboxylic acids is 1. The summed E-state index contributed by atoms with van der Waals surface area (Å²) < 4.78 is 40.4. The van der Waals surface area contributed by atoms with Crippen molar-refractivity contribution in [2.45, 2.75) is 17.9 Å². The molecular formula is C15H13Cl2FN2O3S. The highest BCUT2D eigenvalue weighted by Crippen LogP contribution is 2.25. The van der Waals surface area contributed by atoms with Gasteiger partial charge < -0.3 is 5.32 Å². The second-order valence-electron chi connectivity index (χ2n) is 4.89. The molecule has 2 rings (SSSR count). The predicted molar refractivity (Wildman–Crippen MR) is 91.3 cm³/mol. The Kier molecular flexibility index (Phi) is 5.82. The smallest absolute Gasteiger partial charge is 0.242 e. The summed E-state index contributed by atoms with van der Waals surface area (Å²) in [5.74, 6) is -1.35. The number of benzene rings is 2. The van der Waals surface area contributed by atoms with Gasteiger partial charge in [-0.25, -0.2) is 12.8 Å². The molecule has 0 saturated heterocycles. The van der Waals surface area contributed by atoms with E-state index in [0.29, 0.717) is 0 Å². The van der Waals surface area contributed by atoms with Gasteiger partial charge in [0.15, 0.2) is 0 Å². The maximum Gasteiger partial charge on any atom is 0.242 e. The minimum atomic E-state index is -4.08. The lowest BCUT2D eigenvalue weighted by atomic mass is 10.2. The molecule has 0 aromatic heterocycles. The molecule has 0 bridgehead atoms. The van der Waals surface area contributed by atoms with E-state index in [2.05, 4.69) is 10.0 Å². The van der Waals surface area contributed by atoms with Crippen molar-refractivity contribution in [1.82, 2.24) is 4.72 Å². The molecule has 1 atom stereocenters. The van der Waals surface area contributed by atoms with Gasteiger partial charge in [-0.05, 0) is 37.3 Å². The second kappa shape index (κ2) is 7.48. The number of carbonyl (C=O) groups is 1. The highest BCUT2D eigenvalue weighted by atomic mass is 35.5.